The Labute approximate surface area is 138 Å². The molecule has 122 valence electrons. The Kier molecular flexibility index (Phi) is 3.70. The molecule has 3 heterocycles. The molecule has 1 aliphatic rings. The van der Waals surface area contributed by atoms with Crippen molar-refractivity contribution in [3.05, 3.63) is 42.3 Å². The van der Waals surface area contributed by atoms with Crippen molar-refractivity contribution in [2.75, 3.05) is 36.9 Å². The molecule has 7 heteroatoms. The number of nitrogens with two attached hydrogens (primary N) is 1. The minimum absolute atomic E-state index is 0.200. The highest BCUT2D eigenvalue weighted by Gasteiger charge is 2.18. The lowest BCUT2D eigenvalue weighted by Crippen LogP contribution is -2.37. The second kappa shape index (κ2) is 6.01. The maximum atomic E-state index is 13.1. The van der Waals surface area contributed by atoms with Crippen LogP contribution < -0.4 is 10.6 Å². The fourth-order valence-electron chi connectivity index (χ4n) is 2.83. The van der Waals surface area contributed by atoms with E-state index in [9.17, 15) is 4.39 Å². The Balaban J connectivity index is 1.85. The van der Waals surface area contributed by atoms with Crippen LogP contribution in [0.2, 0.25) is 0 Å². The minimum Gasteiger partial charge on any atom is -0.378 e. The summed E-state index contributed by atoms with van der Waals surface area (Å²) in [6.45, 7) is 2.78. The lowest BCUT2D eigenvalue weighted by Gasteiger charge is -2.28. The van der Waals surface area contributed by atoms with E-state index < -0.39 is 0 Å². The molecule has 0 spiro atoms. The van der Waals surface area contributed by atoms with Crippen LogP contribution in [0.1, 0.15) is 0 Å². The first-order chi connectivity index (χ1) is 11.7. The van der Waals surface area contributed by atoms with Crippen LogP contribution in [-0.2, 0) is 4.74 Å². The molecule has 0 bridgehead atoms. The Bertz CT molecular complexity index is 878. The average Bonchev–Trinajstić information content (AvgIpc) is 2.62. The maximum Gasteiger partial charge on any atom is 0.224 e. The van der Waals surface area contributed by atoms with Crippen molar-refractivity contribution < 1.29 is 9.13 Å². The summed E-state index contributed by atoms with van der Waals surface area (Å²) < 4.78 is 18.5. The molecule has 1 aliphatic heterocycles. The molecule has 1 aromatic carbocycles. The second-order valence-electron chi connectivity index (χ2n) is 5.61. The van der Waals surface area contributed by atoms with E-state index in [0.717, 1.165) is 35.4 Å². The number of rotatable bonds is 2. The van der Waals surface area contributed by atoms with Crippen LogP contribution in [0.4, 0.5) is 16.2 Å². The van der Waals surface area contributed by atoms with Crippen molar-refractivity contribution in [3.8, 4) is 11.1 Å². The maximum absolute atomic E-state index is 13.1. The van der Waals surface area contributed by atoms with Crippen molar-refractivity contribution in [3.63, 3.8) is 0 Å². The molecule has 0 unspecified atom stereocenters. The molecule has 6 nitrogen and oxygen atoms in total. The van der Waals surface area contributed by atoms with E-state index in [1.807, 2.05) is 6.07 Å². The van der Waals surface area contributed by atoms with Crippen LogP contribution in [0.3, 0.4) is 0 Å². The molecule has 24 heavy (non-hydrogen) atoms. The molecule has 0 saturated carbocycles. The number of nitrogens with zero attached hydrogens (tertiary/aromatic N) is 4. The third-order valence-corrected chi connectivity index (χ3v) is 4.04. The van der Waals surface area contributed by atoms with Crippen molar-refractivity contribution in [2.24, 2.45) is 0 Å². The zero-order valence-electron chi connectivity index (χ0n) is 12.9. The van der Waals surface area contributed by atoms with E-state index in [2.05, 4.69) is 19.9 Å². The number of halogens is 1. The molecule has 1 fully saturated rings. The molecule has 0 atom stereocenters. The highest BCUT2D eigenvalue weighted by molar-refractivity contribution is 5.91. The molecular formula is C17H16FN5O. The number of anilines is 2. The van der Waals surface area contributed by atoms with Crippen LogP contribution in [0.5, 0.6) is 0 Å². The zero-order valence-corrected chi connectivity index (χ0v) is 12.9. The number of hydrogen-bond donors (Lipinski definition) is 1. The van der Waals surface area contributed by atoms with Crippen LogP contribution >= 0.6 is 0 Å². The molecule has 2 aromatic heterocycles. The van der Waals surface area contributed by atoms with Crippen LogP contribution in [0.25, 0.3) is 22.2 Å². The fourth-order valence-corrected chi connectivity index (χ4v) is 2.83. The Morgan fingerprint density at radius 2 is 1.79 bits per heavy atom. The quantitative estimate of drug-likeness (QED) is 0.779. The average molecular weight is 325 g/mol. The summed E-state index contributed by atoms with van der Waals surface area (Å²) in [5.74, 6) is 0.695. The Morgan fingerprint density at radius 1 is 1.04 bits per heavy atom. The summed E-state index contributed by atoms with van der Waals surface area (Å²) in [6, 6.07) is 8.29. The van der Waals surface area contributed by atoms with Crippen LogP contribution in [0.15, 0.2) is 36.5 Å². The summed E-state index contributed by atoms with van der Waals surface area (Å²) in [6.07, 6.45) is 1.71. The highest BCUT2D eigenvalue weighted by atomic mass is 19.1. The molecule has 0 radical (unpaired) electrons. The van der Waals surface area contributed by atoms with Crippen molar-refractivity contribution in [2.45, 2.75) is 0 Å². The summed E-state index contributed by atoms with van der Waals surface area (Å²) in [4.78, 5) is 15.2. The van der Waals surface area contributed by atoms with Gasteiger partial charge in [0.25, 0.3) is 0 Å². The highest BCUT2D eigenvalue weighted by Crippen LogP contribution is 2.28. The van der Waals surface area contributed by atoms with Crippen LogP contribution in [0, 0.1) is 5.82 Å². The molecule has 3 aromatic rings. The first-order valence-electron chi connectivity index (χ1n) is 7.72. The molecule has 2 N–H and O–H groups in total. The summed E-state index contributed by atoms with van der Waals surface area (Å²) in [5, 5.41) is 0.827. The van der Waals surface area contributed by atoms with Gasteiger partial charge in [0.15, 0.2) is 5.65 Å². The fraction of sp³-hybridized carbons (Fsp3) is 0.235. The number of fused-ring (bicyclic) bond motifs is 1. The van der Waals surface area contributed by atoms with E-state index in [1.54, 1.807) is 18.3 Å². The van der Waals surface area contributed by atoms with Gasteiger partial charge < -0.3 is 15.4 Å². The monoisotopic (exact) mass is 325 g/mol. The molecule has 1 saturated heterocycles. The number of ether oxygens (including phenoxy) is 1. The first-order valence-corrected chi connectivity index (χ1v) is 7.72. The minimum atomic E-state index is -0.266. The lowest BCUT2D eigenvalue weighted by molar-refractivity contribution is 0.122. The van der Waals surface area contributed by atoms with Crippen molar-refractivity contribution in [1.82, 2.24) is 15.0 Å². The van der Waals surface area contributed by atoms with Gasteiger partial charge in [-0.1, -0.05) is 12.1 Å². The largest absolute Gasteiger partial charge is 0.378 e. The summed E-state index contributed by atoms with van der Waals surface area (Å²) in [7, 11) is 0. The van der Waals surface area contributed by atoms with Crippen molar-refractivity contribution in [1.29, 1.82) is 0 Å². The van der Waals surface area contributed by atoms with Gasteiger partial charge in [0.1, 0.15) is 11.6 Å². The van der Waals surface area contributed by atoms with E-state index >= 15 is 0 Å². The van der Waals surface area contributed by atoms with E-state index in [4.69, 9.17) is 10.5 Å². The first kappa shape index (κ1) is 14.8. The normalized spacial score (nSPS) is 15.0. The lowest BCUT2D eigenvalue weighted by atomic mass is 10.1. The standard InChI is InChI=1S/C17H16FN5O/c18-13-3-1-11(2-4-13)12-9-14-15(20-10-12)21-17(19)22-16(14)23-5-7-24-8-6-23/h1-4,9-10H,5-8H2,(H2,19,20,21,22). The van der Waals surface area contributed by atoms with E-state index in [0.29, 0.717) is 18.9 Å². The third-order valence-electron chi connectivity index (χ3n) is 4.04. The topological polar surface area (TPSA) is 77.2 Å². The van der Waals surface area contributed by atoms with Gasteiger partial charge in [0.2, 0.25) is 5.95 Å². The van der Waals surface area contributed by atoms with Crippen LogP contribution in [-0.4, -0.2) is 41.3 Å². The molecular weight excluding hydrogens is 309 g/mol. The number of nitrogen functional groups attached to an aromatic ring is 1. The number of morpholine rings is 1. The van der Waals surface area contributed by atoms with E-state index in [-0.39, 0.29) is 11.8 Å². The van der Waals surface area contributed by atoms with Gasteiger partial charge in [-0.05, 0) is 23.8 Å². The smallest absolute Gasteiger partial charge is 0.224 e. The zero-order chi connectivity index (χ0) is 16.5. The molecule has 0 amide bonds. The van der Waals surface area contributed by atoms with Gasteiger partial charge in [-0.2, -0.15) is 9.97 Å². The number of benzene rings is 1. The number of hydrogen-bond acceptors (Lipinski definition) is 6. The van der Waals surface area contributed by atoms with Gasteiger partial charge in [-0.15, -0.1) is 0 Å². The number of aromatic nitrogens is 3. The van der Waals surface area contributed by atoms with Gasteiger partial charge in [0.05, 0.1) is 18.6 Å². The van der Waals surface area contributed by atoms with Gasteiger partial charge in [0, 0.05) is 24.8 Å². The van der Waals surface area contributed by atoms with E-state index in [1.165, 1.54) is 12.1 Å². The summed E-state index contributed by atoms with van der Waals surface area (Å²) >= 11 is 0. The SMILES string of the molecule is Nc1nc(N2CCOCC2)c2cc(-c3ccc(F)cc3)cnc2n1. The Hall–Kier alpha value is -2.80. The van der Waals surface area contributed by atoms with Gasteiger partial charge in [-0.25, -0.2) is 9.37 Å². The predicted octanol–water partition coefficient (Wildman–Crippen LogP) is 2.25. The second-order valence-corrected chi connectivity index (χ2v) is 5.61. The number of pyridine rings is 1. The molecule has 0 aliphatic carbocycles. The summed E-state index contributed by atoms with van der Waals surface area (Å²) in [5.41, 5.74) is 8.15. The van der Waals surface area contributed by atoms with Gasteiger partial charge in [-0.3, -0.25) is 0 Å². The predicted molar refractivity (Wildman–Crippen MR) is 90.2 cm³/mol. The third kappa shape index (κ3) is 2.74. The van der Waals surface area contributed by atoms with Gasteiger partial charge >= 0.3 is 0 Å². The Morgan fingerprint density at radius 3 is 2.54 bits per heavy atom. The molecule has 4 rings (SSSR count). The van der Waals surface area contributed by atoms with Crippen molar-refractivity contribution >= 4 is 22.8 Å².